The van der Waals surface area contributed by atoms with Crippen molar-refractivity contribution in [1.29, 1.82) is 0 Å². The van der Waals surface area contributed by atoms with Gasteiger partial charge in [-0.3, -0.25) is 0 Å². The molecule has 0 aromatic rings. The standard InChI is InChI=1S/C11H26N2/c1-4-5-7-12-8-6-9-13-10-11(2)3/h11-13H,4-10H2,1-3H3. The molecule has 0 aliphatic rings. The van der Waals surface area contributed by atoms with Gasteiger partial charge < -0.3 is 10.6 Å². The van der Waals surface area contributed by atoms with Gasteiger partial charge in [-0.05, 0) is 44.9 Å². The molecule has 2 nitrogen and oxygen atoms in total. The molecule has 2 heteroatoms. The Kier molecular flexibility index (Phi) is 9.94. The lowest BCUT2D eigenvalue weighted by Crippen LogP contribution is -2.25. The molecule has 0 rings (SSSR count). The highest BCUT2D eigenvalue weighted by Crippen LogP contribution is 1.87. The first-order valence-corrected chi connectivity index (χ1v) is 5.68. The van der Waals surface area contributed by atoms with Gasteiger partial charge in [0.15, 0.2) is 0 Å². The van der Waals surface area contributed by atoms with E-state index in [0.29, 0.717) is 0 Å². The van der Waals surface area contributed by atoms with Crippen LogP contribution in [0.3, 0.4) is 0 Å². The van der Waals surface area contributed by atoms with E-state index >= 15 is 0 Å². The molecule has 0 unspecified atom stereocenters. The van der Waals surface area contributed by atoms with Gasteiger partial charge in [-0.2, -0.15) is 0 Å². The van der Waals surface area contributed by atoms with Gasteiger partial charge in [0.2, 0.25) is 0 Å². The monoisotopic (exact) mass is 186 g/mol. The van der Waals surface area contributed by atoms with Gasteiger partial charge in [0.25, 0.3) is 0 Å². The average Bonchev–Trinajstić information content (AvgIpc) is 2.09. The molecule has 0 aromatic carbocycles. The van der Waals surface area contributed by atoms with Crippen LogP contribution in [0.25, 0.3) is 0 Å². The SMILES string of the molecule is CCCCNCCCNCC(C)C. The van der Waals surface area contributed by atoms with Crippen LogP contribution in [0.5, 0.6) is 0 Å². The van der Waals surface area contributed by atoms with Crippen molar-refractivity contribution in [2.24, 2.45) is 5.92 Å². The summed E-state index contributed by atoms with van der Waals surface area (Å²) >= 11 is 0. The summed E-state index contributed by atoms with van der Waals surface area (Å²) in [6.45, 7) is 11.4. The molecule has 13 heavy (non-hydrogen) atoms. The zero-order valence-electron chi connectivity index (χ0n) is 9.53. The third-order valence-electron chi connectivity index (χ3n) is 1.97. The Labute approximate surface area is 83.5 Å². The topological polar surface area (TPSA) is 24.1 Å². The number of hydrogen-bond donors (Lipinski definition) is 2. The van der Waals surface area contributed by atoms with Crippen LogP contribution in [0, 0.1) is 5.92 Å². The summed E-state index contributed by atoms with van der Waals surface area (Å²) in [5.74, 6) is 0.771. The van der Waals surface area contributed by atoms with Crippen molar-refractivity contribution in [3.05, 3.63) is 0 Å². The van der Waals surface area contributed by atoms with Crippen LogP contribution in [-0.4, -0.2) is 26.2 Å². The molecule has 0 amide bonds. The predicted molar refractivity (Wildman–Crippen MR) is 60.1 cm³/mol. The Morgan fingerprint density at radius 3 is 2.15 bits per heavy atom. The second-order valence-corrected chi connectivity index (χ2v) is 4.06. The molecule has 0 saturated carbocycles. The fraction of sp³-hybridized carbons (Fsp3) is 1.00. The number of nitrogens with one attached hydrogen (secondary N) is 2. The molecule has 0 bridgehead atoms. The lowest BCUT2D eigenvalue weighted by Gasteiger charge is -2.07. The van der Waals surface area contributed by atoms with Gasteiger partial charge in [-0.15, -0.1) is 0 Å². The summed E-state index contributed by atoms with van der Waals surface area (Å²) in [6, 6.07) is 0. The maximum atomic E-state index is 3.44. The van der Waals surface area contributed by atoms with Gasteiger partial charge in [0.05, 0.1) is 0 Å². The van der Waals surface area contributed by atoms with E-state index in [-0.39, 0.29) is 0 Å². The molecule has 0 radical (unpaired) electrons. The van der Waals surface area contributed by atoms with Crippen molar-refractivity contribution < 1.29 is 0 Å². The van der Waals surface area contributed by atoms with Gasteiger partial charge >= 0.3 is 0 Å². The Hall–Kier alpha value is -0.0800. The summed E-state index contributed by atoms with van der Waals surface area (Å²) in [7, 11) is 0. The highest BCUT2D eigenvalue weighted by molar-refractivity contribution is 4.53. The summed E-state index contributed by atoms with van der Waals surface area (Å²) in [5, 5.41) is 6.87. The minimum absolute atomic E-state index is 0.771. The Balaban J connectivity index is 2.84. The van der Waals surface area contributed by atoms with Gasteiger partial charge in [-0.1, -0.05) is 27.2 Å². The zero-order chi connectivity index (χ0) is 9.94. The quantitative estimate of drug-likeness (QED) is 0.538. The van der Waals surface area contributed by atoms with E-state index in [1.54, 1.807) is 0 Å². The lowest BCUT2D eigenvalue weighted by atomic mass is 10.2. The molecule has 0 aliphatic heterocycles. The number of hydrogen-bond acceptors (Lipinski definition) is 2. The fourth-order valence-electron chi connectivity index (χ4n) is 1.16. The van der Waals surface area contributed by atoms with Crippen LogP contribution in [0.4, 0.5) is 0 Å². The summed E-state index contributed by atoms with van der Waals surface area (Å²) in [5.41, 5.74) is 0. The highest BCUT2D eigenvalue weighted by Gasteiger charge is 1.92. The van der Waals surface area contributed by atoms with E-state index in [1.807, 2.05) is 0 Å². The van der Waals surface area contributed by atoms with Crippen LogP contribution in [0.2, 0.25) is 0 Å². The van der Waals surface area contributed by atoms with E-state index in [1.165, 1.54) is 25.8 Å². The van der Waals surface area contributed by atoms with Crippen molar-refractivity contribution >= 4 is 0 Å². The summed E-state index contributed by atoms with van der Waals surface area (Å²) in [6.07, 6.45) is 3.84. The maximum Gasteiger partial charge on any atom is -0.00258 e. The van der Waals surface area contributed by atoms with Crippen molar-refractivity contribution in [1.82, 2.24) is 10.6 Å². The van der Waals surface area contributed by atoms with Crippen LogP contribution >= 0.6 is 0 Å². The molecule has 0 atom stereocenters. The van der Waals surface area contributed by atoms with Crippen molar-refractivity contribution in [3.8, 4) is 0 Å². The second kappa shape index (κ2) is 10.0. The summed E-state index contributed by atoms with van der Waals surface area (Å²) < 4.78 is 0. The zero-order valence-corrected chi connectivity index (χ0v) is 9.53. The molecule has 2 N–H and O–H groups in total. The van der Waals surface area contributed by atoms with Crippen molar-refractivity contribution in [2.45, 2.75) is 40.0 Å². The highest BCUT2D eigenvalue weighted by atomic mass is 14.9. The molecule has 0 heterocycles. The van der Waals surface area contributed by atoms with Crippen LogP contribution in [0.15, 0.2) is 0 Å². The van der Waals surface area contributed by atoms with E-state index in [9.17, 15) is 0 Å². The largest absolute Gasteiger partial charge is 0.317 e. The molecule has 0 spiro atoms. The lowest BCUT2D eigenvalue weighted by molar-refractivity contribution is 0.527. The van der Waals surface area contributed by atoms with Crippen LogP contribution in [0.1, 0.15) is 40.0 Å². The van der Waals surface area contributed by atoms with Gasteiger partial charge in [-0.25, -0.2) is 0 Å². The first kappa shape index (κ1) is 12.9. The van der Waals surface area contributed by atoms with Crippen LogP contribution in [-0.2, 0) is 0 Å². The molecule has 0 aliphatic carbocycles. The van der Waals surface area contributed by atoms with E-state index in [4.69, 9.17) is 0 Å². The molecule has 80 valence electrons. The Morgan fingerprint density at radius 2 is 1.54 bits per heavy atom. The Morgan fingerprint density at radius 1 is 0.923 bits per heavy atom. The van der Waals surface area contributed by atoms with E-state index in [0.717, 1.165) is 25.6 Å². The van der Waals surface area contributed by atoms with Crippen molar-refractivity contribution in [3.63, 3.8) is 0 Å². The number of unbranched alkanes of at least 4 members (excludes halogenated alkanes) is 1. The summed E-state index contributed by atoms with van der Waals surface area (Å²) in [4.78, 5) is 0. The fourth-order valence-corrected chi connectivity index (χ4v) is 1.16. The second-order valence-electron chi connectivity index (χ2n) is 4.06. The van der Waals surface area contributed by atoms with Gasteiger partial charge in [0, 0.05) is 0 Å². The predicted octanol–water partition coefficient (Wildman–Crippen LogP) is 2.01. The van der Waals surface area contributed by atoms with E-state index in [2.05, 4.69) is 31.4 Å². The molecular weight excluding hydrogens is 160 g/mol. The molecule has 0 fully saturated rings. The minimum atomic E-state index is 0.771. The average molecular weight is 186 g/mol. The smallest absolute Gasteiger partial charge is 0.00258 e. The number of rotatable bonds is 9. The maximum absolute atomic E-state index is 3.44. The molecule has 0 aromatic heterocycles. The first-order valence-electron chi connectivity index (χ1n) is 5.68. The molecular formula is C11H26N2. The van der Waals surface area contributed by atoms with Gasteiger partial charge in [0.1, 0.15) is 0 Å². The molecule has 0 saturated heterocycles. The first-order chi connectivity index (χ1) is 6.27. The van der Waals surface area contributed by atoms with Crippen molar-refractivity contribution in [2.75, 3.05) is 26.2 Å². The minimum Gasteiger partial charge on any atom is -0.317 e. The third kappa shape index (κ3) is 11.9. The van der Waals surface area contributed by atoms with Crippen LogP contribution < -0.4 is 10.6 Å². The third-order valence-corrected chi connectivity index (χ3v) is 1.97. The Bertz CT molecular complexity index is 92.1. The van der Waals surface area contributed by atoms with E-state index < -0.39 is 0 Å². The normalized spacial score (nSPS) is 11.1.